The molecular weight excluding hydrogens is 256 g/mol. The lowest BCUT2D eigenvalue weighted by Crippen LogP contribution is -2.22. The van der Waals surface area contributed by atoms with Crippen LogP contribution in [0.25, 0.3) is 11.3 Å². The van der Waals surface area contributed by atoms with Crippen LogP contribution in [0.15, 0.2) is 36.7 Å². The summed E-state index contributed by atoms with van der Waals surface area (Å²) >= 11 is 0. The Morgan fingerprint density at radius 1 is 1.20 bits per heavy atom. The number of hydrogen-bond acceptors (Lipinski definition) is 5. The molecule has 6 heteroatoms. The van der Waals surface area contributed by atoms with E-state index >= 15 is 0 Å². The first-order valence-corrected chi connectivity index (χ1v) is 6.47. The van der Waals surface area contributed by atoms with Crippen LogP contribution in [0, 0.1) is 10.1 Å². The van der Waals surface area contributed by atoms with E-state index < -0.39 is 4.92 Å². The minimum atomic E-state index is -0.407. The average molecular weight is 272 g/mol. The summed E-state index contributed by atoms with van der Waals surface area (Å²) in [5.41, 5.74) is 1.46. The molecule has 0 fully saturated rings. The molecule has 0 radical (unpaired) electrons. The fourth-order valence-electron chi connectivity index (χ4n) is 2.00. The molecule has 0 unspecified atom stereocenters. The van der Waals surface area contributed by atoms with E-state index in [-0.39, 0.29) is 5.69 Å². The van der Waals surface area contributed by atoms with E-state index in [1.807, 2.05) is 6.07 Å². The van der Waals surface area contributed by atoms with Gasteiger partial charge in [-0.1, -0.05) is 12.1 Å². The highest BCUT2D eigenvalue weighted by atomic mass is 16.6. The van der Waals surface area contributed by atoms with Gasteiger partial charge >= 0.3 is 0 Å². The SMILES string of the molecule is CCN(CC)c1cc(-c2cccc([N+](=O)[O-])c2)ncn1. The van der Waals surface area contributed by atoms with Gasteiger partial charge in [-0.25, -0.2) is 9.97 Å². The van der Waals surface area contributed by atoms with Crippen molar-refractivity contribution in [3.8, 4) is 11.3 Å². The number of nitro groups is 1. The Balaban J connectivity index is 2.40. The zero-order valence-corrected chi connectivity index (χ0v) is 11.5. The molecule has 0 aliphatic carbocycles. The smallest absolute Gasteiger partial charge is 0.270 e. The normalized spacial score (nSPS) is 10.3. The second kappa shape index (κ2) is 6.10. The fourth-order valence-corrected chi connectivity index (χ4v) is 2.00. The van der Waals surface area contributed by atoms with Crippen LogP contribution in [0.2, 0.25) is 0 Å². The number of hydrogen-bond donors (Lipinski definition) is 0. The second-order valence-electron chi connectivity index (χ2n) is 4.24. The molecule has 0 bridgehead atoms. The first-order valence-electron chi connectivity index (χ1n) is 6.47. The topological polar surface area (TPSA) is 72.2 Å². The lowest BCUT2D eigenvalue weighted by molar-refractivity contribution is -0.384. The van der Waals surface area contributed by atoms with Gasteiger partial charge in [-0.05, 0) is 13.8 Å². The van der Waals surface area contributed by atoms with Crippen molar-refractivity contribution in [3.63, 3.8) is 0 Å². The van der Waals surface area contributed by atoms with Gasteiger partial charge in [-0.2, -0.15) is 0 Å². The highest BCUT2D eigenvalue weighted by molar-refractivity contribution is 5.65. The number of aromatic nitrogens is 2. The van der Waals surface area contributed by atoms with Gasteiger partial charge in [0.15, 0.2) is 0 Å². The molecule has 6 nitrogen and oxygen atoms in total. The van der Waals surface area contributed by atoms with Gasteiger partial charge in [0.1, 0.15) is 12.1 Å². The van der Waals surface area contributed by atoms with Crippen LogP contribution >= 0.6 is 0 Å². The molecule has 1 aromatic carbocycles. The van der Waals surface area contributed by atoms with E-state index in [2.05, 4.69) is 28.7 Å². The standard InChI is InChI=1S/C14H16N4O2/c1-3-17(4-2)14-9-13(15-10-16-14)11-6-5-7-12(8-11)18(19)20/h5-10H,3-4H2,1-2H3. The Labute approximate surface area is 117 Å². The molecular formula is C14H16N4O2. The second-order valence-corrected chi connectivity index (χ2v) is 4.24. The largest absolute Gasteiger partial charge is 0.357 e. The minimum Gasteiger partial charge on any atom is -0.357 e. The molecule has 0 N–H and O–H groups in total. The predicted molar refractivity (Wildman–Crippen MR) is 77.7 cm³/mol. The average Bonchev–Trinajstić information content (AvgIpc) is 2.49. The van der Waals surface area contributed by atoms with E-state index in [1.165, 1.54) is 18.5 Å². The van der Waals surface area contributed by atoms with Gasteiger partial charge in [-0.15, -0.1) is 0 Å². The van der Waals surface area contributed by atoms with Crippen molar-refractivity contribution < 1.29 is 4.92 Å². The Hall–Kier alpha value is -2.50. The highest BCUT2D eigenvalue weighted by Gasteiger charge is 2.10. The van der Waals surface area contributed by atoms with Gasteiger partial charge in [0.05, 0.1) is 10.6 Å². The van der Waals surface area contributed by atoms with Crippen molar-refractivity contribution in [2.24, 2.45) is 0 Å². The van der Waals surface area contributed by atoms with Crippen molar-refractivity contribution in [1.29, 1.82) is 0 Å². The summed E-state index contributed by atoms with van der Waals surface area (Å²) in [6.45, 7) is 5.81. The number of nitro benzene ring substituents is 1. The molecule has 1 aromatic heterocycles. The van der Waals surface area contributed by atoms with Crippen LogP contribution in [-0.4, -0.2) is 28.0 Å². The highest BCUT2D eigenvalue weighted by Crippen LogP contribution is 2.24. The summed E-state index contributed by atoms with van der Waals surface area (Å²) in [7, 11) is 0. The Morgan fingerprint density at radius 2 is 1.95 bits per heavy atom. The lowest BCUT2D eigenvalue weighted by atomic mass is 10.1. The molecule has 0 saturated carbocycles. The number of anilines is 1. The monoisotopic (exact) mass is 272 g/mol. The van der Waals surface area contributed by atoms with Crippen molar-refractivity contribution in [2.75, 3.05) is 18.0 Å². The van der Waals surface area contributed by atoms with Crippen LogP contribution in [0.5, 0.6) is 0 Å². The van der Waals surface area contributed by atoms with Crippen molar-refractivity contribution >= 4 is 11.5 Å². The maximum absolute atomic E-state index is 10.8. The first kappa shape index (κ1) is 13.9. The molecule has 0 spiro atoms. The van der Waals surface area contributed by atoms with Crippen LogP contribution in [0.1, 0.15) is 13.8 Å². The molecule has 0 amide bonds. The Kier molecular flexibility index (Phi) is 4.24. The zero-order valence-electron chi connectivity index (χ0n) is 11.5. The number of nitrogens with zero attached hydrogens (tertiary/aromatic N) is 4. The van der Waals surface area contributed by atoms with Gasteiger partial charge in [0, 0.05) is 36.9 Å². The molecule has 2 rings (SSSR count). The predicted octanol–water partition coefficient (Wildman–Crippen LogP) is 2.90. The quantitative estimate of drug-likeness (QED) is 0.618. The van der Waals surface area contributed by atoms with Gasteiger partial charge in [0.25, 0.3) is 5.69 Å². The number of rotatable bonds is 5. The molecule has 0 saturated heterocycles. The van der Waals surface area contributed by atoms with Crippen molar-refractivity contribution in [3.05, 3.63) is 46.8 Å². The number of non-ortho nitro benzene ring substituents is 1. The van der Waals surface area contributed by atoms with Gasteiger partial charge in [-0.3, -0.25) is 10.1 Å². The molecule has 20 heavy (non-hydrogen) atoms. The third-order valence-electron chi connectivity index (χ3n) is 3.09. The molecule has 1 heterocycles. The third kappa shape index (κ3) is 2.90. The first-order chi connectivity index (χ1) is 9.65. The maximum atomic E-state index is 10.8. The number of benzene rings is 1. The maximum Gasteiger partial charge on any atom is 0.270 e. The van der Waals surface area contributed by atoms with E-state index in [1.54, 1.807) is 12.1 Å². The zero-order chi connectivity index (χ0) is 14.5. The van der Waals surface area contributed by atoms with Crippen LogP contribution in [0.3, 0.4) is 0 Å². The van der Waals surface area contributed by atoms with Crippen LogP contribution < -0.4 is 4.90 Å². The summed E-state index contributed by atoms with van der Waals surface area (Å²) in [6.07, 6.45) is 1.49. The van der Waals surface area contributed by atoms with Gasteiger partial charge < -0.3 is 4.90 Å². The summed E-state index contributed by atoms with van der Waals surface area (Å²) < 4.78 is 0. The van der Waals surface area contributed by atoms with Crippen LogP contribution in [0.4, 0.5) is 11.5 Å². The molecule has 0 aliphatic heterocycles. The van der Waals surface area contributed by atoms with E-state index in [4.69, 9.17) is 0 Å². The van der Waals surface area contributed by atoms with E-state index in [9.17, 15) is 10.1 Å². The summed E-state index contributed by atoms with van der Waals surface area (Å²) in [4.78, 5) is 21.0. The minimum absolute atomic E-state index is 0.0606. The Morgan fingerprint density at radius 3 is 2.60 bits per heavy atom. The summed E-state index contributed by atoms with van der Waals surface area (Å²) in [5.74, 6) is 0.825. The lowest BCUT2D eigenvalue weighted by Gasteiger charge is -2.19. The van der Waals surface area contributed by atoms with Crippen LogP contribution in [-0.2, 0) is 0 Å². The van der Waals surface area contributed by atoms with E-state index in [0.717, 1.165) is 24.5 Å². The van der Waals surface area contributed by atoms with Crippen molar-refractivity contribution in [2.45, 2.75) is 13.8 Å². The van der Waals surface area contributed by atoms with E-state index in [0.29, 0.717) is 5.69 Å². The fraction of sp³-hybridized carbons (Fsp3) is 0.286. The molecule has 0 atom stereocenters. The van der Waals surface area contributed by atoms with Crippen molar-refractivity contribution in [1.82, 2.24) is 9.97 Å². The Bertz CT molecular complexity index is 612. The summed E-state index contributed by atoms with van der Waals surface area (Å²) in [5, 5.41) is 10.8. The third-order valence-corrected chi connectivity index (χ3v) is 3.09. The molecule has 0 aliphatic rings. The van der Waals surface area contributed by atoms with Gasteiger partial charge in [0.2, 0.25) is 0 Å². The summed E-state index contributed by atoms with van der Waals surface area (Å²) in [6, 6.07) is 8.31. The molecule has 2 aromatic rings. The molecule has 104 valence electrons.